The van der Waals surface area contributed by atoms with Gasteiger partial charge in [-0.15, -0.1) is 0 Å². The van der Waals surface area contributed by atoms with Crippen LogP contribution in [0.4, 0.5) is 5.69 Å². The lowest BCUT2D eigenvalue weighted by Crippen LogP contribution is -2.18. The van der Waals surface area contributed by atoms with Crippen LogP contribution in [0, 0.1) is 0 Å². The van der Waals surface area contributed by atoms with Gasteiger partial charge in [-0.3, -0.25) is 4.79 Å². The zero-order valence-corrected chi connectivity index (χ0v) is 16.2. The van der Waals surface area contributed by atoms with E-state index in [2.05, 4.69) is 26.0 Å². The SMILES string of the molecule is CNS(=O)(=O)c1ccc2c(c1)C(=Cc1c(Br)ccc(OC)c1O)C(=O)N2. The van der Waals surface area contributed by atoms with Crippen LogP contribution in [-0.4, -0.2) is 33.6 Å². The summed E-state index contributed by atoms with van der Waals surface area (Å²) < 4.78 is 32.0. The molecule has 0 saturated carbocycles. The number of halogens is 1. The monoisotopic (exact) mass is 438 g/mol. The Bertz CT molecular complexity index is 1050. The first-order valence-corrected chi connectivity index (χ1v) is 9.72. The smallest absolute Gasteiger partial charge is 0.256 e. The molecule has 9 heteroatoms. The zero-order chi connectivity index (χ0) is 19.1. The summed E-state index contributed by atoms with van der Waals surface area (Å²) in [6, 6.07) is 7.61. The summed E-state index contributed by atoms with van der Waals surface area (Å²) in [6.07, 6.45) is 1.48. The van der Waals surface area contributed by atoms with Crippen molar-refractivity contribution in [3.63, 3.8) is 0 Å². The van der Waals surface area contributed by atoms with Crippen LogP contribution in [0.5, 0.6) is 11.5 Å². The maximum absolute atomic E-state index is 12.4. The van der Waals surface area contributed by atoms with Crippen molar-refractivity contribution < 1.29 is 23.1 Å². The molecule has 2 aromatic carbocycles. The third kappa shape index (κ3) is 3.09. The first kappa shape index (κ1) is 18.4. The molecular formula is C17H15BrN2O5S. The maximum atomic E-state index is 12.4. The van der Waals surface area contributed by atoms with Crippen molar-refractivity contribution in [3.8, 4) is 11.5 Å². The number of phenolic OH excluding ortho intramolecular Hbond substituents is 1. The average molecular weight is 439 g/mol. The lowest BCUT2D eigenvalue weighted by molar-refractivity contribution is -0.110. The number of benzene rings is 2. The summed E-state index contributed by atoms with van der Waals surface area (Å²) in [7, 11) is -0.919. The molecular weight excluding hydrogens is 424 g/mol. The molecule has 3 N–H and O–H groups in total. The van der Waals surface area contributed by atoms with Crippen molar-refractivity contribution in [1.82, 2.24) is 4.72 Å². The molecule has 1 amide bonds. The van der Waals surface area contributed by atoms with Crippen molar-refractivity contribution in [2.75, 3.05) is 19.5 Å². The number of rotatable bonds is 4. The number of fused-ring (bicyclic) bond motifs is 1. The van der Waals surface area contributed by atoms with E-state index in [9.17, 15) is 18.3 Å². The number of amides is 1. The Kier molecular flexibility index (Phi) is 4.78. The summed E-state index contributed by atoms with van der Waals surface area (Å²) in [6.45, 7) is 0. The Morgan fingerprint density at radius 2 is 2.00 bits per heavy atom. The standard InChI is InChI=1S/C17H15BrN2O5S/c1-19-26(23,24)9-3-5-14-10(7-9)11(17(22)20-14)8-12-13(18)4-6-15(25-2)16(12)21/h3-8,19,21H,1-2H3,(H,20,22). The minimum Gasteiger partial charge on any atom is -0.504 e. The molecule has 0 atom stereocenters. The topological polar surface area (TPSA) is 105 Å². The van der Waals surface area contributed by atoms with E-state index in [1.807, 2.05) is 0 Å². The lowest BCUT2D eigenvalue weighted by atomic mass is 10.0. The highest BCUT2D eigenvalue weighted by Crippen LogP contribution is 2.40. The van der Waals surface area contributed by atoms with Crippen LogP contribution in [0.3, 0.4) is 0 Å². The van der Waals surface area contributed by atoms with Gasteiger partial charge in [0.15, 0.2) is 11.5 Å². The Hall–Kier alpha value is -2.36. The van der Waals surface area contributed by atoms with E-state index in [0.29, 0.717) is 21.3 Å². The summed E-state index contributed by atoms with van der Waals surface area (Å²) in [4.78, 5) is 12.4. The second-order valence-corrected chi connectivity index (χ2v) is 8.18. The largest absolute Gasteiger partial charge is 0.504 e. The van der Waals surface area contributed by atoms with E-state index in [-0.39, 0.29) is 22.0 Å². The normalized spacial score (nSPS) is 15.0. The number of ether oxygens (including phenoxy) is 1. The van der Waals surface area contributed by atoms with Crippen molar-refractivity contribution in [2.24, 2.45) is 0 Å². The summed E-state index contributed by atoms with van der Waals surface area (Å²) in [5.74, 6) is -0.270. The zero-order valence-electron chi connectivity index (χ0n) is 13.8. The molecule has 3 rings (SSSR count). The highest BCUT2D eigenvalue weighted by Gasteiger charge is 2.27. The van der Waals surface area contributed by atoms with E-state index in [1.165, 1.54) is 38.4 Å². The molecule has 0 saturated heterocycles. The van der Waals surface area contributed by atoms with Gasteiger partial charge in [0, 0.05) is 26.9 Å². The molecule has 1 aliphatic heterocycles. The highest BCUT2D eigenvalue weighted by molar-refractivity contribution is 9.10. The number of carbonyl (C=O) groups is 1. The van der Waals surface area contributed by atoms with Crippen LogP contribution in [0.25, 0.3) is 11.6 Å². The minimum absolute atomic E-state index is 0.0371. The number of aromatic hydroxyl groups is 1. The molecule has 0 bridgehead atoms. The van der Waals surface area contributed by atoms with Crippen LogP contribution in [0.2, 0.25) is 0 Å². The molecule has 1 aliphatic rings. The van der Waals surface area contributed by atoms with Gasteiger partial charge in [0.1, 0.15) is 0 Å². The van der Waals surface area contributed by atoms with E-state index in [0.717, 1.165) is 0 Å². The minimum atomic E-state index is -3.66. The van der Waals surface area contributed by atoms with Gasteiger partial charge in [-0.1, -0.05) is 15.9 Å². The van der Waals surface area contributed by atoms with Gasteiger partial charge >= 0.3 is 0 Å². The Morgan fingerprint density at radius 1 is 1.27 bits per heavy atom. The first-order chi connectivity index (χ1) is 12.3. The summed E-state index contributed by atoms with van der Waals surface area (Å²) in [5, 5.41) is 13.0. The van der Waals surface area contributed by atoms with Crippen molar-refractivity contribution >= 4 is 49.2 Å². The number of nitrogens with one attached hydrogen (secondary N) is 2. The average Bonchev–Trinajstić information content (AvgIpc) is 2.93. The predicted octanol–water partition coefficient (Wildman–Crippen LogP) is 2.56. The molecule has 26 heavy (non-hydrogen) atoms. The van der Waals surface area contributed by atoms with Crippen LogP contribution in [0.15, 0.2) is 39.7 Å². The predicted molar refractivity (Wildman–Crippen MR) is 102 cm³/mol. The van der Waals surface area contributed by atoms with E-state index in [4.69, 9.17) is 4.74 Å². The van der Waals surface area contributed by atoms with Gasteiger partial charge in [0.05, 0.1) is 12.0 Å². The van der Waals surface area contributed by atoms with Crippen LogP contribution in [-0.2, 0) is 14.8 Å². The Balaban J connectivity index is 2.19. The molecule has 2 aromatic rings. The van der Waals surface area contributed by atoms with E-state index in [1.54, 1.807) is 12.1 Å². The number of hydrogen-bond donors (Lipinski definition) is 3. The molecule has 0 aromatic heterocycles. The van der Waals surface area contributed by atoms with Gasteiger partial charge < -0.3 is 15.2 Å². The Morgan fingerprint density at radius 3 is 2.65 bits per heavy atom. The van der Waals surface area contributed by atoms with E-state index >= 15 is 0 Å². The van der Waals surface area contributed by atoms with Crippen molar-refractivity contribution in [2.45, 2.75) is 4.90 Å². The first-order valence-electron chi connectivity index (χ1n) is 7.45. The van der Waals surface area contributed by atoms with Crippen LogP contribution >= 0.6 is 15.9 Å². The number of carbonyl (C=O) groups excluding carboxylic acids is 1. The lowest BCUT2D eigenvalue weighted by Gasteiger charge is -2.09. The van der Waals surface area contributed by atoms with Crippen molar-refractivity contribution in [3.05, 3.63) is 45.9 Å². The number of methoxy groups -OCH3 is 1. The van der Waals surface area contributed by atoms with Gasteiger partial charge in [0.2, 0.25) is 10.0 Å². The highest BCUT2D eigenvalue weighted by atomic mass is 79.9. The number of anilines is 1. The summed E-state index contributed by atoms with van der Waals surface area (Å²) >= 11 is 3.34. The molecule has 0 aliphatic carbocycles. The molecule has 7 nitrogen and oxygen atoms in total. The third-order valence-electron chi connectivity index (χ3n) is 3.99. The van der Waals surface area contributed by atoms with Crippen LogP contribution < -0.4 is 14.8 Å². The molecule has 1 heterocycles. The molecule has 0 fully saturated rings. The van der Waals surface area contributed by atoms with Gasteiger partial charge in [-0.05, 0) is 43.5 Å². The Labute approximate surface area is 158 Å². The number of hydrogen-bond acceptors (Lipinski definition) is 5. The van der Waals surface area contributed by atoms with Gasteiger partial charge in [-0.2, -0.15) is 0 Å². The fourth-order valence-corrected chi connectivity index (χ4v) is 3.80. The number of phenols is 1. The van der Waals surface area contributed by atoms with Gasteiger partial charge in [-0.25, -0.2) is 13.1 Å². The molecule has 0 radical (unpaired) electrons. The van der Waals surface area contributed by atoms with Crippen LogP contribution in [0.1, 0.15) is 11.1 Å². The second kappa shape index (κ2) is 6.75. The number of sulfonamides is 1. The molecule has 136 valence electrons. The maximum Gasteiger partial charge on any atom is 0.256 e. The fourth-order valence-electron chi connectivity index (χ4n) is 2.61. The molecule has 0 unspecified atom stereocenters. The van der Waals surface area contributed by atoms with E-state index < -0.39 is 15.9 Å². The van der Waals surface area contributed by atoms with Crippen molar-refractivity contribution in [1.29, 1.82) is 0 Å². The quantitative estimate of drug-likeness (QED) is 0.636. The third-order valence-corrected chi connectivity index (χ3v) is 6.09. The molecule has 0 spiro atoms. The van der Waals surface area contributed by atoms with Gasteiger partial charge in [0.25, 0.3) is 5.91 Å². The fraction of sp³-hybridized carbons (Fsp3) is 0.118. The summed E-state index contributed by atoms with van der Waals surface area (Å²) in [5.41, 5.74) is 1.51. The second-order valence-electron chi connectivity index (χ2n) is 5.44.